The quantitative estimate of drug-likeness (QED) is 0.779. The number of anilines is 1. The molecule has 4 rings (SSSR count). The first-order chi connectivity index (χ1) is 11.1. The van der Waals surface area contributed by atoms with Crippen molar-refractivity contribution in [3.8, 4) is 0 Å². The van der Waals surface area contributed by atoms with Crippen LogP contribution in [0.15, 0.2) is 18.2 Å². The molecule has 2 atom stereocenters. The van der Waals surface area contributed by atoms with Crippen LogP contribution in [0.5, 0.6) is 0 Å². The average molecular weight is 338 g/mol. The summed E-state index contributed by atoms with van der Waals surface area (Å²) < 4.78 is 13.6. The Balaban J connectivity index is 1.51. The highest BCUT2D eigenvalue weighted by Gasteiger charge is 2.50. The van der Waals surface area contributed by atoms with E-state index < -0.39 is 5.82 Å². The zero-order valence-electron chi connectivity index (χ0n) is 12.5. The fraction of sp³-hybridized carbons (Fsp3) is 0.500. The summed E-state index contributed by atoms with van der Waals surface area (Å²) in [5.41, 5.74) is 0.731. The predicted octanol–water partition coefficient (Wildman–Crippen LogP) is 2.48. The first kappa shape index (κ1) is 14.8. The van der Waals surface area contributed by atoms with Crippen LogP contribution in [0.1, 0.15) is 19.3 Å². The molecule has 1 aromatic carbocycles. The summed E-state index contributed by atoms with van der Waals surface area (Å²) in [6.45, 7) is 1.90. The number of halogens is 2. The highest BCUT2D eigenvalue weighted by atomic mass is 35.5. The number of carbonyl (C=O) groups excluding carboxylic acids is 2. The van der Waals surface area contributed by atoms with Gasteiger partial charge in [-0.2, -0.15) is 0 Å². The first-order valence-corrected chi connectivity index (χ1v) is 8.28. The molecule has 5 nitrogen and oxygen atoms in total. The highest BCUT2D eigenvalue weighted by Crippen LogP contribution is 2.32. The summed E-state index contributed by atoms with van der Waals surface area (Å²) in [6.07, 6.45) is 2.37. The third-order valence-electron chi connectivity index (χ3n) is 5.02. The Morgan fingerprint density at radius 1 is 1.17 bits per heavy atom. The average Bonchev–Trinajstić information content (AvgIpc) is 3.22. The van der Waals surface area contributed by atoms with Crippen LogP contribution in [-0.4, -0.2) is 53.5 Å². The number of amides is 3. The molecule has 3 saturated heterocycles. The molecule has 3 fully saturated rings. The molecule has 0 aliphatic carbocycles. The number of nitrogens with zero attached hydrogens (tertiary/aromatic N) is 3. The fourth-order valence-corrected chi connectivity index (χ4v) is 3.97. The summed E-state index contributed by atoms with van der Waals surface area (Å²) >= 11 is 5.72. The van der Waals surface area contributed by atoms with Gasteiger partial charge in [-0.25, -0.2) is 9.18 Å². The van der Waals surface area contributed by atoms with Gasteiger partial charge in [0.15, 0.2) is 0 Å². The molecule has 23 heavy (non-hydrogen) atoms. The summed E-state index contributed by atoms with van der Waals surface area (Å²) in [6, 6.07) is 4.13. The molecular formula is C16H17ClFN3O2. The van der Waals surface area contributed by atoms with Gasteiger partial charge in [0.2, 0.25) is 0 Å². The van der Waals surface area contributed by atoms with Gasteiger partial charge in [-0.3, -0.25) is 9.69 Å². The first-order valence-electron chi connectivity index (χ1n) is 7.90. The molecule has 1 aromatic rings. The van der Waals surface area contributed by atoms with E-state index in [9.17, 15) is 14.0 Å². The van der Waals surface area contributed by atoms with Gasteiger partial charge in [-0.05, 0) is 37.5 Å². The zero-order chi connectivity index (χ0) is 16.1. The van der Waals surface area contributed by atoms with Crippen LogP contribution < -0.4 is 4.90 Å². The molecule has 3 heterocycles. The molecule has 7 heteroatoms. The van der Waals surface area contributed by atoms with Gasteiger partial charge in [0, 0.05) is 25.3 Å². The largest absolute Gasteiger partial charge is 0.369 e. The van der Waals surface area contributed by atoms with Crippen LogP contribution >= 0.6 is 11.6 Å². The maximum atomic E-state index is 13.6. The predicted molar refractivity (Wildman–Crippen MR) is 84.0 cm³/mol. The number of imide groups is 1. The standard InChI is InChI=1S/C16H17ClFN3O2/c17-12-4-3-10(8-13(12)18)19-7-5-11(9-19)21-15(22)14-2-1-6-20(14)16(21)23/h3-4,8,11,14H,1-2,5-7,9H2/t11?,14-/m1/s1. The molecule has 0 bridgehead atoms. The molecule has 0 N–H and O–H groups in total. The van der Waals surface area contributed by atoms with Crippen LogP contribution in [0.4, 0.5) is 14.9 Å². The number of hydrogen-bond acceptors (Lipinski definition) is 3. The molecule has 0 aromatic heterocycles. The number of fused-ring (bicyclic) bond motifs is 1. The summed E-state index contributed by atoms with van der Waals surface area (Å²) in [5.74, 6) is -0.525. The zero-order valence-corrected chi connectivity index (χ0v) is 13.3. The fourth-order valence-electron chi connectivity index (χ4n) is 3.85. The van der Waals surface area contributed by atoms with Crippen LogP contribution in [-0.2, 0) is 4.79 Å². The molecular weight excluding hydrogens is 321 g/mol. The minimum Gasteiger partial charge on any atom is -0.369 e. The van der Waals surface area contributed by atoms with Crippen molar-refractivity contribution in [1.82, 2.24) is 9.80 Å². The Kier molecular flexibility index (Phi) is 3.44. The third kappa shape index (κ3) is 2.27. The summed E-state index contributed by atoms with van der Waals surface area (Å²) in [4.78, 5) is 30.1. The lowest BCUT2D eigenvalue weighted by molar-refractivity contribution is -0.129. The number of hydrogen-bond donors (Lipinski definition) is 0. The molecule has 122 valence electrons. The van der Waals surface area contributed by atoms with Gasteiger partial charge in [-0.15, -0.1) is 0 Å². The van der Waals surface area contributed by atoms with E-state index in [0.717, 1.165) is 18.5 Å². The van der Waals surface area contributed by atoms with Gasteiger partial charge in [0.1, 0.15) is 11.9 Å². The summed E-state index contributed by atoms with van der Waals surface area (Å²) in [7, 11) is 0. The maximum Gasteiger partial charge on any atom is 0.327 e. The molecule has 0 saturated carbocycles. The van der Waals surface area contributed by atoms with Gasteiger partial charge in [0.05, 0.1) is 11.1 Å². The van der Waals surface area contributed by atoms with Crippen LogP contribution in [0.2, 0.25) is 5.02 Å². The van der Waals surface area contributed by atoms with Crippen molar-refractivity contribution >= 4 is 29.2 Å². The van der Waals surface area contributed by atoms with Crippen molar-refractivity contribution in [2.75, 3.05) is 24.5 Å². The van der Waals surface area contributed by atoms with Gasteiger partial charge in [0.25, 0.3) is 5.91 Å². The van der Waals surface area contributed by atoms with Crippen molar-refractivity contribution in [2.24, 2.45) is 0 Å². The van der Waals surface area contributed by atoms with E-state index in [1.807, 2.05) is 4.90 Å². The number of urea groups is 1. The third-order valence-corrected chi connectivity index (χ3v) is 5.33. The molecule has 0 radical (unpaired) electrons. The lowest BCUT2D eigenvalue weighted by atomic mass is 10.2. The molecule has 3 aliphatic heterocycles. The molecule has 0 spiro atoms. The second-order valence-corrected chi connectivity index (χ2v) is 6.74. The normalized spacial score (nSPS) is 27.3. The lowest BCUT2D eigenvalue weighted by Gasteiger charge is -2.24. The van der Waals surface area contributed by atoms with Crippen molar-refractivity contribution in [3.05, 3.63) is 29.0 Å². The van der Waals surface area contributed by atoms with E-state index in [1.54, 1.807) is 11.0 Å². The Bertz CT molecular complexity index is 661. The van der Waals surface area contributed by atoms with Crippen molar-refractivity contribution in [2.45, 2.75) is 31.3 Å². The number of benzene rings is 1. The van der Waals surface area contributed by atoms with Crippen molar-refractivity contribution < 1.29 is 14.0 Å². The Labute approximate surface area is 138 Å². The van der Waals surface area contributed by atoms with E-state index in [-0.39, 0.29) is 29.0 Å². The molecule has 1 unspecified atom stereocenters. The monoisotopic (exact) mass is 337 g/mol. The maximum absolute atomic E-state index is 13.6. The minimum atomic E-state index is -0.457. The van der Waals surface area contributed by atoms with Crippen LogP contribution in [0.25, 0.3) is 0 Å². The smallest absolute Gasteiger partial charge is 0.327 e. The van der Waals surface area contributed by atoms with Crippen LogP contribution in [0.3, 0.4) is 0 Å². The van der Waals surface area contributed by atoms with E-state index in [1.165, 1.54) is 17.0 Å². The van der Waals surface area contributed by atoms with E-state index >= 15 is 0 Å². The lowest BCUT2D eigenvalue weighted by Crippen LogP contribution is -2.43. The van der Waals surface area contributed by atoms with E-state index in [0.29, 0.717) is 26.1 Å². The van der Waals surface area contributed by atoms with Crippen LogP contribution in [0, 0.1) is 5.82 Å². The van der Waals surface area contributed by atoms with Gasteiger partial charge in [-0.1, -0.05) is 11.6 Å². The van der Waals surface area contributed by atoms with Gasteiger partial charge >= 0.3 is 6.03 Å². The topological polar surface area (TPSA) is 43.9 Å². The summed E-state index contributed by atoms with van der Waals surface area (Å²) in [5, 5.41) is 0.0926. The number of carbonyl (C=O) groups is 2. The second kappa shape index (κ2) is 5.37. The Morgan fingerprint density at radius 2 is 2.00 bits per heavy atom. The van der Waals surface area contributed by atoms with Gasteiger partial charge < -0.3 is 9.80 Å². The second-order valence-electron chi connectivity index (χ2n) is 6.33. The molecule has 3 aliphatic rings. The molecule has 3 amide bonds. The Morgan fingerprint density at radius 3 is 2.74 bits per heavy atom. The minimum absolute atomic E-state index is 0.0679. The SMILES string of the molecule is O=C1[C@H]2CCCN2C(=O)N1C1CCN(c2ccc(Cl)c(F)c2)C1. The van der Waals surface area contributed by atoms with E-state index in [4.69, 9.17) is 11.6 Å². The van der Waals surface area contributed by atoms with Crippen molar-refractivity contribution in [3.63, 3.8) is 0 Å². The van der Waals surface area contributed by atoms with E-state index in [2.05, 4.69) is 0 Å². The highest BCUT2D eigenvalue weighted by molar-refractivity contribution is 6.30. The number of rotatable bonds is 2. The van der Waals surface area contributed by atoms with Crippen molar-refractivity contribution in [1.29, 1.82) is 0 Å². The Hall–Kier alpha value is -1.82.